The van der Waals surface area contributed by atoms with Crippen LogP contribution < -0.4 is 11.1 Å². The first kappa shape index (κ1) is 13.9. The lowest BCUT2D eigenvalue weighted by Gasteiger charge is -2.10. The Labute approximate surface area is 116 Å². The minimum atomic E-state index is -0.994. The molecule has 0 fully saturated rings. The van der Waals surface area contributed by atoms with Crippen LogP contribution in [0.15, 0.2) is 42.5 Å². The Bertz CT molecular complexity index is 612. The van der Waals surface area contributed by atoms with Crippen molar-refractivity contribution < 1.29 is 14.3 Å². The third kappa shape index (κ3) is 3.47. The topological polar surface area (TPSA) is 75.4 Å². The van der Waals surface area contributed by atoms with Crippen LogP contribution in [0.25, 0.3) is 0 Å². The molecular formula is C15H15FN2O2. The number of hydrogen-bond donors (Lipinski definition) is 3. The van der Waals surface area contributed by atoms with Crippen LogP contribution in [0.4, 0.5) is 15.8 Å². The SMILES string of the molecule is Nc1ccc(C(=O)O)cc1NCCc1ccc(F)cc1. The van der Waals surface area contributed by atoms with E-state index in [0.29, 0.717) is 24.3 Å². The van der Waals surface area contributed by atoms with Gasteiger partial charge in [0.2, 0.25) is 0 Å². The molecule has 0 saturated heterocycles. The van der Waals surface area contributed by atoms with E-state index in [9.17, 15) is 9.18 Å². The predicted molar refractivity (Wildman–Crippen MR) is 76.4 cm³/mol. The zero-order chi connectivity index (χ0) is 14.5. The lowest BCUT2D eigenvalue weighted by molar-refractivity contribution is 0.0697. The summed E-state index contributed by atoms with van der Waals surface area (Å²) < 4.78 is 12.8. The zero-order valence-corrected chi connectivity index (χ0v) is 10.8. The Hall–Kier alpha value is -2.56. The summed E-state index contributed by atoms with van der Waals surface area (Å²) in [6.07, 6.45) is 0.691. The van der Waals surface area contributed by atoms with E-state index in [-0.39, 0.29) is 11.4 Å². The van der Waals surface area contributed by atoms with Crippen molar-refractivity contribution in [3.05, 3.63) is 59.4 Å². The molecule has 2 aromatic carbocycles. The van der Waals surface area contributed by atoms with E-state index in [2.05, 4.69) is 5.32 Å². The van der Waals surface area contributed by atoms with E-state index < -0.39 is 5.97 Å². The van der Waals surface area contributed by atoms with Gasteiger partial charge in [-0.25, -0.2) is 9.18 Å². The summed E-state index contributed by atoms with van der Waals surface area (Å²) in [5.74, 6) is -1.26. The molecule has 0 spiro atoms. The first-order valence-electron chi connectivity index (χ1n) is 6.17. The second-order valence-corrected chi connectivity index (χ2v) is 4.41. The van der Waals surface area contributed by atoms with Gasteiger partial charge in [0.15, 0.2) is 0 Å². The van der Waals surface area contributed by atoms with Crippen molar-refractivity contribution >= 4 is 17.3 Å². The average molecular weight is 274 g/mol. The van der Waals surface area contributed by atoms with E-state index in [0.717, 1.165) is 5.56 Å². The first-order chi connectivity index (χ1) is 9.56. The van der Waals surface area contributed by atoms with Gasteiger partial charge in [-0.15, -0.1) is 0 Å². The fourth-order valence-electron chi connectivity index (χ4n) is 1.83. The number of anilines is 2. The molecule has 0 aliphatic carbocycles. The monoisotopic (exact) mass is 274 g/mol. The van der Waals surface area contributed by atoms with E-state index in [1.807, 2.05) is 0 Å². The second kappa shape index (κ2) is 6.06. The van der Waals surface area contributed by atoms with E-state index in [1.54, 1.807) is 18.2 Å². The van der Waals surface area contributed by atoms with Crippen LogP contribution in [0.1, 0.15) is 15.9 Å². The Kier molecular flexibility index (Phi) is 4.20. The van der Waals surface area contributed by atoms with Gasteiger partial charge in [-0.1, -0.05) is 12.1 Å². The molecule has 0 aromatic heterocycles. The Morgan fingerprint density at radius 1 is 1.20 bits per heavy atom. The van der Waals surface area contributed by atoms with Gasteiger partial charge in [0.1, 0.15) is 5.82 Å². The van der Waals surface area contributed by atoms with Gasteiger partial charge in [-0.05, 0) is 42.3 Å². The summed E-state index contributed by atoms with van der Waals surface area (Å²) in [5.41, 5.74) is 8.04. The summed E-state index contributed by atoms with van der Waals surface area (Å²) in [7, 11) is 0. The molecule has 5 heteroatoms. The molecule has 0 aliphatic rings. The Morgan fingerprint density at radius 2 is 1.90 bits per heavy atom. The van der Waals surface area contributed by atoms with Crippen LogP contribution in [-0.2, 0) is 6.42 Å². The maximum Gasteiger partial charge on any atom is 0.335 e. The number of carbonyl (C=O) groups is 1. The maximum absolute atomic E-state index is 12.8. The number of nitrogens with one attached hydrogen (secondary N) is 1. The van der Waals surface area contributed by atoms with Crippen molar-refractivity contribution in [2.45, 2.75) is 6.42 Å². The smallest absolute Gasteiger partial charge is 0.335 e. The number of rotatable bonds is 5. The molecule has 2 rings (SSSR count). The molecule has 0 heterocycles. The van der Waals surface area contributed by atoms with Gasteiger partial charge in [-0.2, -0.15) is 0 Å². The molecule has 4 N–H and O–H groups in total. The summed E-state index contributed by atoms with van der Waals surface area (Å²) in [4.78, 5) is 10.9. The van der Waals surface area contributed by atoms with Crippen LogP contribution >= 0.6 is 0 Å². The van der Waals surface area contributed by atoms with Crippen LogP contribution in [0, 0.1) is 5.82 Å². The zero-order valence-electron chi connectivity index (χ0n) is 10.8. The molecule has 0 radical (unpaired) electrons. The van der Waals surface area contributed by atoms with Crippen molar-refractivity contribution in [2.75, 3.05) is 17.6 Å². The minimum Gasteiger partial charge on any atom is -0.478 e. The molecule has 0 aliphatic heterocycles. The van der Waals surface area contributed by atoms with Crippen LogP contribution in [-0.4, -0.2) is 17.6 Å². The highest BCUT2D eigenvalue weighted by Gasteiger charge is 2.06. The highest BCUT2D eigenvalue weighted by molar-refractivity contribution is 5.90. The summed E-state index contributed by atoms with van der Waals surface area (Å²) in [5, 5.41) is 12.0. The number of carboxylic acids is 1. The molecule has 0 saturated carbocycles. The number of nitrogens with two attached hydrogens (primary N) is 1. The largest absolute Gasteiger partial charge is 0.478 e. The molecular weight excluding hydrogens is 259 g/mol. The number of hydrogen-bond acceptors (Lipinski definition) is 3. The van der Waals surface area contributed by atoms with Crippen molar-refractivity contribution in [1.29, 1.82) is 0 Å². The fourth-order valence-corrected chi connectivity index (χ4v) is 1.83. The summed E-state index contributed by atoms with van der Waals surface area (Å²) >= 11 is 0. The lowest BCUT2D eigenvalue weighted by Crippen LogP contribution is -2.08. The Morgan fingerprint density at radius 3 is 2.55 bits per heavy atom. The molecule has 4 nitrogen and oxygen atoms in total. The van der Waals surface area contributed by atoms with Crippen molar-refractivity contribution in [3.8, 4) is 0 Å². The fraction of sp³-hybridized carbons (Fsp3) is 0.133. The number of carboxylic acid groups (broad SMARTS) is 1. The molecule has 104 valence electrons. The number of halogens is 1. The standard InChI is InChI=1S/C15H15FN2O2/c16-12-4-1-10(2-5-12)7-8-18-14-9-11(15(19)20)3-6-13(14)17/h1-6,9,18H,7-8,17H2,(H,19,20). The Balaban J connectivity index is 1.98. The number of benzene rings is 2. The van der Waals surface area contributed by atoms with Gasteiger partial charge in [-0.3, -0.25) is 0 Å². The van der Waals surface area contributed by atoms with Crippen molar-refractivity contribution in [2.24, 2.45) is 0 Å². The van der Waals surface area contributed by atoms with Gasteiger partial charge < -0.3 is 16.2 Å². The molecule has 0 unspecified atom stereocenters. The van der Waals surface area contributed by atoms with Gasteiger partial charge >= 0.3 is 5.97 Å². The third-order valence-corrected chi connectivity index (χ3v) is 2.94. The van der Waals surface area contributed by atoms with Crippen LogP contribution in [0.3, 0.4) is 0 Å². The van der Waals surface area contributed by atoms with Gasteiger partial charge in [0.05, 0.1) is 16.9 Å². The second-order valence-electron chi connectivity index (χ2n) is 4.41. The van der Waals surface area contributed by atoms with E-state index in [4.69, 9.17) is 10.8 Å². The highest BCUT2D eigenvalue weighted by atomic mass is 19.1. The van der Waals surface area contributed by atoms with Gasteiger partial charge in [0.25, 0.3) is 0 Å². The highest BCUT2D eigenvalue weighted by Crippen LogP contribution is 2.20. The molecule has 0 bridgehead atoms. The predicted octanol–water partition coefficient (Wildman–Crippen LogP) is 2.76. The maximum atomic E-state index is 12.8. The molecule has 0 amide bonds. The van der Waals surface area contributed by atoms with Crippen molar-refractivity contribution in [1.82, 2.24) is 0 Å². The first-order valence-corrected chi connectivity index (χ1v) is 6.17. The van der Waals surface area contributed by atoms with Crippen LogP contribution in [0.2, 0.25) is 0 Å². The van der Waals surface area contributed by atoms with E-state index in [1.165, 1.54) is 24.3 Å². The van der Waals surface area contributed by atoms with Crippen LogP contribution in [0.5, 0.6) is 0 Å². The average Bonchev–Trinajstić information content (AvgIpc) is 2.43. The lowest BCUT2D eigenvalue weighted by atomic mass is 10.1. The third-order valence-electron chi connectivity index (χ3n) is 2.94. The minimum absolute atomic E-state index is 0.184. The quantitative estimate of drug-likeness (QED) is 0.733. The molecule has 0 atom stereocenters. The van der Waals surface area contributed by atoms with Crippen molar-refractivity contribution in [3.63, 3.8) is 0 Å². The number of nitrogen functional groups attached to an aromatic ring is 1. The number of aromatic carboxylic acids is 1. The molecule has 20 heavy (non-hydrogen) atoms. The molecule has 2 aromatic rings. The van der Waals surface area contributed by atoms with E-state index >= 15 is 0 Å². The van der Waals surface area contributed by atoms with Gasteiger partial charge in [0, 0.05) is 6.54 Å². The summed E-state index contributed by atoms with van der Waals surface area (Å²) in [6.45, 7) is 0.582. The normalized spacial score (nSPS) is 10.2. The summed E-state index contributed by atoms with van der Waals surface area (Å²) in [6, 6.07) is 10.8.